The van der Waals surface area contributed by atoms with Gasteiger partial charge in [-0.25, -0.2) is 9.78 Å². The van der Waals surface area contributed by atoms with E-state index < -0.39 is 11.9 Å². The molecule has 4 rings (SSSR count). The maximum absolute atomic E-state index is 12.3. The molecule has 0 aliphatic rings. The van der Waals surface area contributed by atoms with Crippen LogP contribution in [0.15, 0.2) is 72.9 Å². The molecule has 30 heavy (non-hydrogen) atoms. The number of nitrogens with zero attached hydrogens (tertiary/aromatic N) is 1. The van der Waals surface area contributed by atoms with E-state index in [4.69, 9.17) is 0 Å². The van der Waals surface area contributed by atoms with Crippen LogP contribution in [-0.2, 0) is 4.79 Å². The number of rotatable bonds is 5. The first kappa shape index (κ1) is 18.9. The maximum atomic E-state index is 12.3. The number of hydrogen-bond donors (Lipinski definition) is 4. The van der Waals surface area contributed by atoms with Gasteiger partial charge in [0.05, 0.1) is 5.57 Å². The molecule has 0 fully saturated rings. The Morgan fingerprint density at radius 3 is 2.47 bits per heavy atom. The molecule has 2 aromatic carbocycles. The van der Waals surface area contributed by atoms with E-state index >= 15 is 0 Å². The molecule has 4 N–H and O–H groups in total. The van der Waals surface area contributed by atoms with Gasteiger partial charge in [-0.15, -0.1) is 0 Å². The number of aromatic hydroxyl groups is 1. The third-order valence-corrected chi connectivity index (χ3v) is 4.54. The number of carboxylic acids is 1. The minimum absolute atomic E-state index is 0.000455. The van der Waals surface area contributed by atoms with Crippen molar-refractivity contribution < 1.29 is 19.8 Å². The molecule has 1 amide bonds. The highest BCUT2D eigenvalue weighted by Gasteiger charge is 2.13. The number of phenolic OH excluding ortho intramolecular Hbond substituents is 1. The van der Waals surface area contributed by atoms with Crippen LogP contribution < -0.4 is 5.32 Å². The highest BCUT2D eigenvalue weighted by molar-refractivity contribution is 6.21. The fraction of sp³-hybridized carbons (Fsp3) is 0. The van der Waals surface area contributed by atoms with Crippen LogP contribution in [0.5, 0.6) is 5.75 Å². The summed E-state index contributed by atoms with van der Waals surface area (Å²) < 4.78 is 0. The standard InChI is InChI=1S/C23H17N3O4/c27-17-8-4-7-15(11-17)22(28)26-20-10-9-18-16(13-24-21(18)25-20)12-19(23(29)30)14-5-2-1-3-6-14/h1-13,27H,(H,29,30)(H2,24,25,26,28)/b19-12+. The van der Waals surface area contributed by atoms with Crippen LogP contribution in [0.2, 0.25) is 0 Å². The number of aromatic amines is 1. The van der Waals surface area contributed by atoms with Gasteiger partial charge in [0, 0.05) is 22.7 Å². The van der Waals surface area contributed by atoms with Crippen molar-refractivity contribution in [2.45, 2.75) is 0 Å². The number of fused-ring (bicyclic) bond motifs is 1. The van der Waals surface area contributed by atoms with Gasteiger partial charge in [0.2, 0.25) is 0 Å². The van der Waals surface area contributed by atoms with Gasteiger partial charge >= 0.3 is 5.97 Å². The number of aromatic nitrogens is 2. The summed E-state index contributed by atoms with van der Waals surface area (Å²) in [6.45, 7) is 0. The van der Waals surface area contributed by atoms with Crippen molar-refractivity contribution in [2.75, 3.05) is 5.32 Å². The molecule has 0 spiro atoms. The van der Waals surface area contributed by atoms with Gasteiger partial charge < -0.3 is 20.5 Å². The number of carbonyl (C=O) groups excluding carboxylic acids is 1. The van der Waals surface area contributed by atoms with Crippen molar-refractivity contribution >= 4 is 40.4 Å². The monoisotopic (exact) mass is 399 g/mol. The zero-order valence-corrected chi connectivity index (χ0v) is 15.7. The summed E-state index contributed by atoms with van der Waals surface area (Å²) in [5.41, 5.74) is 2.25. The quantitative estimate of drug-likeness (QED) is 0.376. The van der Waals surface area contributed by atoms with Crippen molar-refractivity contribution in [3.63, 3.8) is 0 Å². The van der Waals surface area contributed by atoms with E-state index in [1.54, 1.807) is 60.8 Å². The molecule has 0 radical (unpaired) electrons. The molecular weight excluding hydrogens is 382 g/mol. The van der Waals surface area contributed by atoms with Crippen LogP contribution in [0.3, 0.4) is 0 Å². The summed E-state index contributed by atoms with van der Waals surface area (Å²) in [5.74, 6) is -1.10. The number of carboxylic acid groups (broad SMARTS) is 1. The lowest BCUT2D eigenvalue weighted by Crippen LogP contribution is -2.12. The molecule has 4 aromatic rings. The van der Waals surface area contributed by atoms with Crippen molar-refractivity contribution in [1.29, 1.82) is 0 Å². The van der Waals surface area contributed by atoms with Crippen molar-refractivity contribution in [2.24, 2.45) is 0 Å². The van der Waals surface area contributed by atoms with Crippen molar-refractivity contribution in [1.82, 2.24) is 9.97 Å². The van der Waals surface area contributed by atoms with E-state index in [-0.39, 0.29) is 11.3 Å². The van der Waals surface area contributed by atoms with Gasteiger partial charge in [0.1, 0.15) is 17.2 Å². The van der Waals surface area contributed by atoms with Gasteiger partial charge in [0.15, 0.2) is 0 Å². The van der Waals surface area contributed by atoms with Crippen LogP contribution in [0, 0.1) is 0 Å². The average molecular weight is 399 g/mol. The largest absolute Gasteiger partial charge is 0.508 e. The molecule has 0 saturated carbocycles. The smallest absolute Gasteiger partial charge is 0.336 e. The Hall–Kier alpha value is -4.39. The Kier molecular flexibility index (Phi) is 5.00. The number of hydrogen-bond acceptors (Lipinski definition) is 4. The number of anilines is 1. The predicted octanol–water partition coefficient (Wildman–Crippen LogP) is 4.15. The average Bonchev–Trinajstić information content (AvgIpc) is 3.14. The molecule has 0 bridgehead atoms. The predicted molar refractivity (Wildman–Crippen MR) is 114 cm³/mol. The Morgan fingerprint density at radius 1 is 0.967 bits per heavy atom. The van der Waals surface area contributed by atoms with Gasteiger partial charge in [0.25, 0.3) is 5.91 Å². The second-order valence-electron chi connectivity index (χ2n) is 6.57. The van der Waals surface area contributed by atoms with Gasteiger partial charge in [-0.2, -0.15) is 0 Å². The van der Waals surface area contributed by atoms with Crippen molar-refractivity contribution in [3.05, 3.63) is 89.6 Å². The van der Waals surface area contributed by atoms with Gasteiger partial charge in [-0.3, -0.25) is 4.79 Å². The van der Waals surface area contributed by atoms with Crippen LogP contribution in [-0.4, -0.2) is 32.1 Å². The first-order chi connectivity index (χ1) is 14.5. The third kappa shape index (κ3) is 3.90. The Balaban J connectivity index is 1.64. The molecule has 0 aliphatic heterocycles. The van der Waals surface area contributed by atoms with Crippen LogP contribution >= 0.6 is 0 Å². The van der Waals surface area contributed by atoms with Crippen molar-refractivity contribution in [3.8, 4) is 5.75 Å². The zero-order chi connectivity index (χ0) is 21.1. The number of pyridine rings is 1. The van der Waals surface area contributed by atoms with Crippen LogP contribution in [0.25, 0.3) is 22.7 Å². The van der Waals surface area contributed by atoms with Crippen LogP contribution in [0.1, 0.15) is 21.5 Å². The maximum Gasteiger partial charge on any atom is 0.336 e. The molecule has 0 unspecified atom stereocenters. The lowest BCUT2D eigenvalue weighted by Gasteiger charge is -2.05. The van der Waals surface area contributed by atoms with E-state index in [0.29, 0.717) is 28.2 Å². The van der Waals surface area contributed by atoms with E-state index in [2.05, 4.69) is 15.3 Å². The third-order valence-electron chi connectivity index (χ3n) is 4.54. The summed E-state index contributed by atoms with van der Waals surface area (Å²) in [6, 6.07) is 18.3. The number of benzene rings is 2. The SMILES string of the molecule is O=C(O)/C(=C/c1c[nH]c2nc(NC(=O)c3cccc(O)c3)ccc12)c1ccccc1. The van der Waals surface area contributed by atoms with Crippen LogP contribution in [0.4, 0.5) is 5.82 Å². The molecule has 0 atom stereocenters. The number of amides is 1. The highest BCUT2D eigenvalue weighted by Crippen LogP contribution is 2.25. The van der Waals surface area contributed by atoms with Gasteiger partial charge in [-0.05, 0) is 42.0 Å². The molecule has 148 valence electrons. The fourth-order valence-electron chi connectivity index (χ4n) is 3.09. The molecule has 0 aliphatic carbocycles. The zero-order valence-electron chi connectivity index (χ0n) is 15.7. The second kappa shape index (κ2) is 7.92. The summed E-state index contributed by atoms with van der Waals surface area (Å²) in [6.07, 6.45) is 3.26. The van der Waals surface area contributed by atoms with E-state index in [0.717, 1.165) is 5.39 Å². The topological polar surface area (TPSA) is 115 Å². The molecule has 7 nitrogen and oxygen atoms in total. The first-order valence-electron chi connectivity index (χ1n) is 9.10. The number of aliphatic carboxylic acids is 1. The summed E-state index contributed by atoms with van der Waals surface area (Å²) in [5, 5.41) is 22.5. The Bertz CT molecular complexity index is 1280. The normalized spacial score (nSPS) is 11.4. The lowest BCUT2D eigenvalue weighted by molar-refractivity contribution is -0.130. The minimum Gasteiger partial charge on any atom is -0.508 e. The first-order valence-corrected chi connectivity index (χ1v) is 9.10. The van der Waals surface area contributed by atoms with E-state index in [9.17, 15) is 19.8 Å². The molecule has 2 heterocycles. The van der Waals surface area contributed by atoms with E-state index in [1.807, 2.05) is 6.07 Å². The van der Waals surface area contributed by atoms with Gasteiger partial charge in [-0.1, -0.05) is 36.4 Å². The highest BCUT2D eigenvalue weighted by atomic mass is 16.4. The molecule has 7 heteroatoms. The summed E-state index contributed by atoms with van der Waals surface area (Å²) in [7, 11) is 0. The molecular formula is C23H17N3O4. The molecule has 0 saturated heterocycles. The molecule has 2 aromatic heterocycles. The lowest BCUT2D eigenvalue weighted by atomic mass is 10.0. The number of phenols is 1. The Labute approximate surface area is 171 Å². The summed E-state index contributed by atoms with van der Waals surface area (Å²) >= 11 is 0. The minimum atomic E-state index is -1.03. The number of H-pyrrole nitrogens is 1. The fourth-order valence-corrected chi connectivity index (χ4v) is 3.09. The summed E-state index contributed by atoms with van der Waals surface area (Å²) in [4.78, 5) is 31.5. The second-order valence-corrected chi connectivity index (χ2v) is 6.57. The Morgan fingerprint density at radius 2 is 1.73 bits per heavy atom. The van der Waals surface area contributed by atoms with E-state index in [1.165, 1.54) is 12.1 Å². The number of nitrogens with one attached hydrogen (secondary N) is 2. The number of carbonyl (C=O) groups is 2.